The van der Waals surface area contributed by atoms with Crippen LogP contribution in [0.3, 0.4) is 0 Å². The zero-order chi connectivity index (χ0) is 8.15. The summed E-state index contributed by atoms with van der Waals surface area (Å²) in [5.74, 6) is -2.55. The van der Waals surface area contributed by atoms with Gasteiger partial charge in [-0.25, -0.2) is 0 Å². The molecule has 58 valence electrons. The van der Waals surface area contributed by atoms with Gasteiger partial charge in [0.15, 0.2) is 0 Å². The van der Waals surface area contributed by atoms with Crippen LogP contribution in [0.15, 0.2) is 0 Å². The molecule has 0 fully saturated rings. The molecule has 0 aliphatic rings. The second-order valence-corrected chi connectivity index (χ2v) is 1.61. The van der Waals surface area contributed by atoms with Crippen LogP contribution in [-0.2, 0) is 9.59 Å². The van der Waals surface area contributed by atoms with E-state index >= 15 is 0 Å². The Morgan fingerprint density at radius 1 is 1.10 bits per heavy atom. The van der Waals surface area contributed by atoms with E-state index in [4.69, 9.17) is 15.4 Å². The molecule has 6 nitrogen and oxygen atoms in total. The Morgan fingerprint density at radius 2 is 1.40 bits per heavy atom. The van der Waals surface area contributed by atoms with Gasteiger partial charge in [0.1, 0.15) is 13.1 Å². The largest absolute Gasteiger partial charge is 0.480 e. The van der Waals surface area contributed by atoms with Crippen LogP contribution in [0.4, 0.5) is 0 Å². The molecule has 0 heterocycles. The van der Waals surface area contributed by atoms with Crippen molar-refractivity contribution in [3.8, 4) is 0 Å². The van der Waals surface area contributed by atoms with Gasteiger partial charge in [0.05, 0.1) is 0 Å². The van der Waals surface area contributed by atoms with Gasteiger partial charge in [-0.2, -0.15) is 5.06 Å². The molecule has 6 heteroatoms. The Kier molecular flexibility index (Phi) is 3.37. The first-order valence-corrected chi connectivity index (χ1v) is 2.40. The Balaban J connectivity index is 3.53. The molecule has 3 N–H and O–H groups in total. The van der Waals surface area contributed by atoms with Gasteiger partial charge < -0.3 is 15.4 Å². The lowest BCUT2D eigenvalue weighted by atomic mass is 10.6. The van der Waals surface area contributed by atoms with Crippen molar-refractivity contribution < 1.29 is 25.0 Å². The van der Waals surface area contributed by atoms with Crippen molar-refractivity contribution in [2.24, 2.45) is 0 Å². The molecule has 0 aliphatic heterocycles. The molecule has 0 spiro atoms. The van der Waals surface area contributed by atoms with Crippen molar-refractivity contribution in [2.75, 3.05) is 13.1 Å². The maximum Gasteiger partial charge on any atom is 0.320 e. The quantitative estimate of drug-likeness (QED) is 0.436. The lowest BCUT2D eigenvalue weighted by Crippen LogP contribution is -2.31. The summed E-state index contributed by atoms with van der Waals surface area (Å²) in [6.45, 7) is -1.38. The molecule has 0 aliphatic carbocycles. The molecular weight excluding hydrogens is 142 g/mol. The number of nitrogens with zero attached hydrogens (tertiary/aromatic N) is 1. The number of aliphatic carboxylic acids is 2. The molecule has 10 heavy (non-hydrogen) atoms. The van der Waals surface area contributed by atoms with Gasteiger partial charge in [0.2, 0.25) is 0 Å². The Morgan fingerprint density at radius 3 is 1.60 bits per heavy atom. The summed E-state index contributed by atoms with van der Waals surface area (Å²) < 4.78 is 0. The van der Waals surface area contributed by atoms with Crippen molar-refractivity contribution in [2.45, 2.75) is 0 Å². The zero-order valence-corrected chi connectivity index (χ0v) is 5.02. The van der Waals surface area contributed by atoms with E-state index < -0.39 is 25.0 Å². The summed E-state index contributed by atoms with van der Waals surface area (Å²) >= 11 is 0. The molecule has 0 saturated heterocycles. The third-order valence-electron chi connectivity index (χ3n) is 0.636. The van der Waals surface area contributed by atoms with Crippen molar-refractivity contribution >= 4 is 11.9 Å². The number of carbonyl (C=O) groups is 2. The van der Waals surface area contributed by atoms with Gasteiger partial charge in [-0.3, -0.25) is 9.59 Å². The third kappa shape index (κ3) is 5.01. The fourth-order valence-corrected chi connectivity index (χ4v) is 0.368. The molecule has 0 aromatic carbocycles. The van der Waals surface area contributed by atoms with Crippen LogP contribution in [0.2, 0.25) is 0 Å². The van der Waals surface area contributed by atoms with Crippen molar-refractivity contribution in [1.29, 1.82) is 0 Å². The van der Waals surface area contributed by atoms with E-state index in [2.05, 4.69) is 0 Å². The van der Waals surface area contributed by atoms with Crippen molar-refractivity contribution in [3.05, 3.63) is 0 Å². The van der Waals surface area contributed by atoms with E-state index in [1.807, 2.05) is 0 Å². The lowest BCUT2D eigenvalue weighted by molar-refractivity contribution is -0.162. The van der Waals surface area contributed by atoms with Gasteiger partial charge in [-0.05, 0) is 0 Å². The topological polar surface area (TPSA) is 98.1 Å². The smallest absolute Gasteiger partial charge is 0.320 e. The summed E-state index contributed by atoms with van der Waals surface area (Å²) in [6, 6.07) is 0. The molecule has 0 radical (unpaired) electrons. The minimum Gasteiger partial charge on any atom is -0.480 e. The molecule has 0 rings (SSSR count). The number of rotatable bonds is 4. The Labute approximate surface area is 56.3 Å². The highest BCUT2D eigenvalue weighted by atomic mass is 16.5. The second-order valence-electron chi connectivity index (χ2n) is 1.61. The Hall–Kier alpha value is -1.14. The van der Waals surface area contributed by atoms with E-state index in [1.54, 1.807) is 0 Å². The zero-order valence-electron chi connectivity index (χ0n) is 5.02. The number of carboxylic acids is 2. The fourth-order valence-electron chi connectivity index (χ4n) is 0.368. The fraction of sp³-hybridized carbons (Fsp3) is 0.500. The molecule has 0 amide bonds. The van der Waals surface area contributed by atoms with Gasteiger partial charge in [-0.15, -0.1) is 0 Å². The van der Waals surface area contributed by atoms with Crippen LogP contribution >= 0.6 is 0 Å². The van der Waals surface area contributed by atoms with Crippen LogP contribution in [-0.4, -0.2) is 45.5 Å². The monoisotopic (exact) mass is 149 g/mol. The Bertz CT molecular complexity index is 129. The first-order chi connectivity index (χ1) is 4.52. The first-order valence-electron chi connectivity index (χ1n) is 2.40. The molecule has 0 bridgehead atoms. The van der Waals surface area contributed by atoms with E-state index in [1.165, 1.54) is 0 Å². The summed E-state index contributed by atoms with van der Waals surface area (Å²) in [4.78, 5) is 19.6. The van der Waals surface area contributed by atoms with Crippen LogP contribution in [0.1, 0.15) is 0 Å². The predicted octanol–water partition coefficient (Wildman–Crippen LogP) is -1.15. The number of hydroxylamine groups is 2. The predicted molar refractivity (Wildman–Crippen MR) is 28.6 cm³/mol. The van der Waals surface area contributed by atoms with Crippen LogP contribution in [0, 0.1) is 0 Å². The minimum atomic E-state index is -1.27. The SMILES string of the molecule is O=C(O)CN(O)CC(=O)O. The third-order valence-corrected chi connectivity index (χ3v) is 0.636. The average Bonchev–Trinajstić information content (AvgIpc) is 1.58. The average molecular weight is 149 g/mol. The highest BCUT2D eigenvalue weighted by molar-refractivity contribution is 5.72. The summed E-state index contributed by atoms with van der Waals surface area (Å²) in [5.41, 5.74) is 0. The number of hydrogen-bond acceptors (Lipinski definition) is 4. The standard InChI is InChI=1S/C4H7NO5/c6-3(7)1-5(10)2-4(8)9/h10H,1-2H2,(H,6,7)(H,8,9). The maximum absolute atomic E-state index is 9.80. The van der Waals surface area contributed by atoms with E-state index in [0.717, 1.165) is 0 Å². The van der Waals surface area contributed by atoms with E-state index in [9.17, 15) is 9.59 Å². The van der Waals surface area contributed by atoms with Crippen LogP contribution in [0.5, 0.6) is 0 Å². The molecular formula is C4H7NO5. The molecule has 0 aromatic heterocycles. The van der Waals surface area contributed by atoms with Crippen molar-refractivity contribution in [3.63, 3.8) is 0 Å². The summed E-state index contributed by atoms with van der Waals surface area (Å²) in [5, 5.41) is 24.7. The number of carboxylic acid groups (broad SMARTS) is 2. The molecule has 0 atom stereocenters. The van der Waals surface area contributed by atoms with Gasteiger partial charge in [0, 0.05) is 0 Å². The van der Waals surface area contributed by atoms with Gasteiger partial charge >= 0.3 is 11.9 Å². The normalized spacial score (nSPS) is 9.80. The van der Waals surface area contributed by atoms with E-state index in [-0.39, 0.29) is 5.06 Å². The number of hydrogen-bond donors (Lipinski definition) is 3. The highest BCUT2D eigenvalue weighted by Gasteiger charge is 2.08. The van der Waals surface area contributed by atoms with Gasteiger partial charge in [-0.1, -0.05) is 0 Å². The molecule has 0 unspecified atom stereocenters. The molecule has 0 aromatic rings. The van der Waals surface area contributed by atoms with Crippen molar-refractivity contribution in [1.82, 2.24) is 5.06 Å². The lowest BCUT2D eigenvalue weighted by Gasteiger charge is -2.06. The second kappa shape index (κ2) is 3.80. The van der Waals surface area contributed by atoms with Crippen LogP contribution < -0.4 is 0 Å². The van der Waals surface area contributed by atoms with Crippen LogP contribution in [0.25, 0.3) is 0 Å². The highest BCUT2D eigenvalue weighted by Crippen LogP contribution is 1.79. The summed E-state index contributed by atoms with van der Waals surface area (Å²) in [7, 11) is 0. The first kappa shape index (κ1) is 8.86. The summed E-state index contributed by atoms with van der Waals surface area (Å²) in [6.07, 6.45) is 0. The van der Waals surface area contributed by atoms with Gasteiger partial charge in [0.25, 0.3) is 0 Å². The molecule has 0 saturated carbocycles. The maximum atomic E-state index is 9.80. The minimum absolute atomic E-state index is 0.199. The van der Waals surface area contributed by atoms with E-state index in [0.29, 0.717) is 0 Å².